The van der Waals surface area contributed by atoms with Crippen LogP contribution in [0.25, 0.3) is 0 Å². The van der Waals surface area contributed by atoms with Crippen molar-refractivity contribution in [3.8, 4) is 0 Å². The fourth-order valence-corrected chi connectivity index (χ4v) is 4.87. The SMILES string of the molecule is O=C(O)C1CSC(c2cccc(Cl)c2)N1Cc1c(F)cccc1Br. The first-order valence-corrected chi connectivity index (χ1v) is 9.48. The van der Waals surface area contributed by atoms with Gasteiger partial charge in [0.15, 0.2) is 0 Å². The lowest BCUT2D eigenvalue weighted by Crippen LogP contribution is -2.38. The van der Waals surface area contributed by atoms with Gasteiger partial charge in [-0.05, 0) is 29.8 Å². The van der Waals surface area contributed by atoms with Crippen LogP contribution >= 0.6 is 39.3 Å². The minimum absolute atomic E-state index is 0.184. The molecule has 0 aromatic heterocycles. The first-order valence-electron chi connectivity index (χ1n) is 7.26. The molecular formula is C17H14BrClFNO2S. The van der Waals surface area contributed by atoms with Crippen LogP contribution in [0.15, 0.2) is 46.9 Å². The second-order valence-electron chi connectivity index (χ2n) is 5.47. The van der Waals surface area contributed by atoms with Gasteiger partial charge in [0.1, 0.15) is 11.9 Å². The number of benzene rings is 2. The number of aliphatic carboxylic acids is 1. The maximum absolute atomic E-state index is 14.2. The smallest absolute Gasteiger partial charge is 0.321 e. The molecule has 0 amide bonds. The molecule has 0 saturated carbocycles. The molecule has 1 saturated heterocycles. The van der Waals surface area contributed by atoms with Crippen molar-refractivity contribution < 1.29 is 14.3 Å². The molecule has 0 radical (unpaired) electrons. The Morgan fingerprint density at radius 2 is 2.12 bits per heavy atom. The molecule has 1 aliphatic rings. The van der Waals surface area contributed by atoms with Gasteiger partial charge in [0.05, 0.1) is 5.37 Å². The summed E-state index contributed by atoms with van der Waals surface area (Å²) < 4.78 is 14.8. The summed E-state index contributed by atoms with van der Waals surface area (Å²) in [5, 5.41) is 9.95. The summed E-state index contributed by atoms with van der Waals surface area (Å²) in [5.41, 5.74) is 1.38. The fraction of sp³-hybridized carbons (Fsp3) is 0.235. The van der Waals surface area contributed by atoms with Crippen LogP contribution in [-0.2, 0) is 11.3 Å². The van der Waals surface area contributed by atoms with E-state index in [0.717, 1.165) is 5.56 Å². The highest BCUT2D eigenvalue weighted by molar-refractivity contribution is 9.10. The molecule has 0 bridgehead atoms. The number of rotatable bonds is 4. The Morgan fingerprint density at radius 3 is 2.79 bits per heavy atom. The molecule has 3 nitrogen and oxygen atoms in total. The summed E-state index contributed by atoms with van der Waals surface area (Å²) >= 11 is 11.0. The zero-order chi connectivity index (χ0) is 17.3. The van der Waals surface area contributed by atoms with Gasteiger partial charge in [-0.3, -0.25) is 9.69 Å². The number of carbonyl (C=O) groups is 1. The minimum atomic E-state index is -0.903. The number of carboxylic acids is 1. The van der Waals surface area contributed by atoms with Crippen LogP contribution in [0.4, 0.5) is 4.39 Å². The van der Waals surface area contributed by atoms with Crippen molar-refractivity contribution in [2.45, 2.75) is 18.0 Å². The summed E-state index contributed by atoms with van der Waals surface area (Å²) in [6, 6.07) is 11.4. The number of hydrogen-bond donors (Lipinski definition) is 1. The number of thioether (sulfide) groups is 1. The van der Waals surface area contributed by atoms with E-state index >= 15 is 0 Å². The van der Waals surface area contributed by atoms with Gasteiger partial charge in [0.25, 0.3) is 0 Å². The number of nitrogens with zero attached hydrogens (tertiary/aromatic N) is 1. The van der Waals surface area contributed by atoms with Crippen molar-refractivity contribution >= 4 is 45.3 Å². The van der Waals surface area contributed by atoms with Gasteiger partial charge >= 0.3 is 5.97 Å². The Morgan fingerprint density at radius 1 is 1.38 bits per heavy atom. The highest BCUT2D eigenvalue weighted by Gasteiger charge is 2.39. The average molecular weight is 431 g/mol. The second kappa shape index (κ2) is 7.44. The van der Waals surface area contributed by atoms with Crippen molar-refractivity contribution in [1.29, 1.82) is 0 Å². The fourth-order valence-electron chi connectivity index (χ4n) is 2.76. The van der Waals surface area contributed by atoms with Crippen LogP contribution in [0.5, 0.6) is 0 Å². The lowest BCUT2D eigenvalue weighted by molar-refractivity contribution is -0.142. The van der Waals surface area contributed by atoms with Crippen LogP contribution in [0.3, 0.4) is 0 Å². The van der Waals surface area contributed by atoms with Gasteiger partial charge in [-0.2, -0.15) is 0 Å². The van der Waals surface area contributed by atoms with E-state index in [4.69, 9.17) is 11.6 Å². The quantitative estimate of drug-likeness (QED) is 0.746. The van der Waals surface area contributed by atoms with Gasteiger partial charge < -0.3 is 5.11 Å². The first kappa shape index (κ1) is 17.7. The van der Waals surface area contributed by atoms with Crippen molar-refractivity contribution in [2.75, 3.05) is 5.75 Å². The van der Waals surface area contributed by atoms with E-state index in [1.165, 1.54) is 17.8 Å². The van der Waals surface area contributed by atoms with Gasteiger partial charge in [-0.25, -0.2) is 4.39 Å². The van der Waals surface area contributed by atoms with Crippen molar-refractivity contribution in [1.82, 2.24) is 4.90 Å². The topological polar surface area (TPSA) is 40.5 Å². The predicted octanol–water partition coefficient (Wildman–Crippen LogP) is 4.94. The summed E-state index contributed by atoms with van der Waals surface area (Å²) in [4.78, 5) is 13.4. The molecule has 1 aliphatic heterocycles. The van der Waals surface area contributed by atoms with Crippen LogP contribution in [0, 0.1) is 5.82 Å². The Balaban J connectivity index is 1.96. The van der Waals surface area contributed by atoms with Gasteiger partial charge in [0, 0.05) is 27.4 Å². The number of hydrogen-bond acceptors (Lipinski definition) is 3. The molecule has 2 atom stereocenters. The minimum Gasteiger partial charge on any atom is -0.480 e. The summed E-state index contributed by atoms with van der Waals surface area (Å²) in [7, 11) is 0. The molecule has 1 fully saturated rings. The second-order valence-corrected chi connectivity index (χ2v) is 7.87. The lowest BCUT2D eigenvalue weighted by atomic mass is 10.1. The largest absolute Gasteiger partial charge is 0.480 e. The van der Waals surface area contributed by atoms with E-state index in [0.29, 0.717) is 20.8 Å². The van der Waals surface area contributed by atoms with Gasteiger partial charge in [0.2, 0.25) is 0 Å². The first-order chi connectivity index (χ1) is 11.5. The third-order valence-corrected chi connectivity index (χ3v) is 6.28. The Kier molecular flexibility index (Phi) is 5.49. The van der Waals surface area contributed by atoms with Crippen LogP contribution in [-0.4, -0.2) is 27.8 Å². The third kappa shape index (κ3) is 3.61. The normalized spacial score (nSPS) is 21.1. The predicted molar refractivity (Wildman–Crippen MR) is 97.7 cm³/mol. The summed E-state index contributed by atoms with van der Waals surface area (Å²) in [6.45, 7) is 0.203. The Labute approximate surface area is 156 Å². The molecule has 7 heteroatoms. The van der Waals surface area contributed by atoms with E-state index in [9.17, 15) is 14.3 Å². The zero-order valence-electron chi connectivity index (χ0n) is 12.5. The van der Waals surface area contributed by atoms with Crippen LogP contribution in [0.1, 0.15) is 16.5 Å². The maximum Gasteiger partial charge on any atom is 0.321 e. The van der Waals surface area contributed by atoms with Crippen molar-refractivity contribution in [3.05, 3.63) is 68.9 Å². The molecule has 1 N–H and O–H groups in total. The third-order valence-electron chi connectivity index (χ3n) is 3.93. The number of carboxylic acid groups (broad SMARTS) is 1. The maximum atomic E-state index is 14.2. The molecule has 2 aromatic rings. The molecule has 1 heterocycles. The molecule has 0 spiro atoms. The summed E-state index contributed by atoms with van der Waals surface area (Å²) in [6.07, 6.45) is 0. The Bertz CT molecular complexity index is 756. The Hall–Kier alpha value is -1.08. The van der Waals surface area contributed by atoms with Gasteiger partial charge in [-0.15, -0.1) is 11.8 Å². The van der Waals surface area contributed by atoms with E-state index in [1.54, 1.807) is 18.2 Å². The van der Waals surface area contributed by atoms with Crippen LogP contribution in [0.2, 0.25) is 5.02 Å². The highest BCUT2D eigenvalue weighted by Crippen LogP contribution is 2.43. The van der Waals surface area contributed by atoms with E-state index < -0.39 is 12.0 Å². The standard InChI is InChI=1S/C17H14BrClFNO2S/c18-13-5-2-6-14(20)12(13)8-21-15(17(22)23)9-24-16(21)10-3-1-4-11(19)7-10/h1-7,15-16H,8-9H2,(H,22,23). The molecule has 24 heavy (non-hydrogen) atoms. The summed E-state index contributed by atoms with van der Waals surface area (Å²) in [5.74, 6) is -0.812. The van der Waals surface area contributed by atoms with E-state index in [2.05, 4.69) is 15.9 Å². The lowest BCUT2D eigenvalue weighted by Gasteiger charge is -2.28. The molecular weight excluding hydrogens is 417 g/mol. The average Bonchev–Trinajstić information content (AvgIpc) is 2.95. The van der Waals surface area contributed by atoms with Crippen molar-refractivity contribution in [3.63, 3.8) is 0 Å². The van der Waals surface area contributed by atoms with Crippen LogP contribution < -0.4 is 0 Å². The van der Waals surface area contributed by atoms with E-state index in [-0.39, 0.29) is 17.7 Å². The molecule has 0 aliphatic carbocycles. The molecule has 126 valence electrons. The number of halogens is 3. The molecule has 2 aromatic carbocycles. The van der Waals surface area contributed by atoms with Gasteiger partial charge in [-0.1, -0.05) is 45.7 Å². The zero-order valence-corrected chi connectivity index (χ0v) is 15.6. The molecule has 2 unspecified atom stereocenters. The van der Waals surface area contributed by atoms with E-state index in [1.807, 2.05) is 23.1 Å². The monoisotopic (exact) mass is 429 g/mol. The highest BCUT2D eigenvalue weighted by atomic mass is 79.9. The van der Waals surface area contributed by atoms with Crippen molar-refractivity contribution in [2.24, 2.45) is 0 Å². The molecule has 3 rings (SSSR count).